The largest absolute Gasteiger partial charge is 0.493 e. The molecule has 7 nitrogen and oxygen atoms in total. The number of rotatable bonds is 8. The van der Waals surface area contributed by atoms with Crippen LogP contribution in [0, 0.1) is 5.92 Å². The van der Waals surface area contributed by atoms with Crippen molar-refractivity contribution >= 4 is 5.78 Å². The van der Waals surface area contributed by atoms with Crippen molar-refractivity contribution in [2.24, 2.45) is 5.92 Å². The van der Waals surface area contributed by atoms with Crippen molar-refractivity contribution in [2.75, 3.05) is 35.5 Å². The summed E-state index contributed by atoms with van der Waals surface area (Å²) in [6.45, 7) is 5.70. The molecule has 1 fully saturated rings. The molecule has 3 rings (SSSR count). The molecule has 1 aromatic carbocycles. The number of methoxy groups -OCH3 is 5. The van der Waals surface area contributed by atoms with E-state index in [4.69, 9.17) is 23.7 Å². The Morgan fingerprint density at radius 1 is 1.07 bits per heavy atom. The first-order valence-corrected chi connectivity index (χ1v) is 9.78. The molecule has 0 saturated heterocycles. The number of fused-ring (bicyclic) bond motifs is 2. The summed E-state index contributed by atoms with van der Waals surface area (Å²) < 4.78 is 28.2. The smallest absolute Gasteiger partial charge is 0.203 e. The lowest BCUT2D eigenvalue weighted by Gasteiger charge is -2.41. The molecule has 7 heteroatoms. The molecule has 2 aliphatic rings. The molecule has 0 radical (unpaired) electrons. The lowest BCUT2D eigenvalue weighted by molar-refractivity contribution is -0.169. The molecule has 0 spiro atoms. The zero-order valence-corrected chi connectivity index (χ0v) is 18.4. The van der Waals surface area contributed by atoms with Gasteiger partial charge < -0.3 is 28.8 Å². The lowest BCUT2D eigenvalue weighted by atomic mass is 9.74. The number of carbonyl (C=O) groups excluding carboxylic acids is 1. The fraction of sp³-hybridized carbons (Fsp3) is 0.522. The van der Waals surface area contributed by atoms with E-state index in [9.17, 15) is 9.90 Å². The first-order chi connectivity index (χ1) is 14.3. The van der Waals surface area contributed by atoms with Crippen LogP contribution in [0.25, 0.3) is 0 Å². The fourth-order valence-corrected chi connectivity index (χ4v) is 5.26. The highest BCUT2D eigenvalue weighted by Gasteiger charge is 2.72. The number of Topliss-reactive ketones (excluding diaryl/α,β-unsaturated/α-hetero) is 1. The van der Waals surface area contributed by atoms with Gasteiger partial charge >= 0.3 is 0 Å². The van der Waals surface area contributed by atoms with Crippen LogP contribution in [-0.2, 0) is 14.3 Å². The van der Waals surface area contributed by atoms with Gasteiger partial charge in [-0.25, -0.2) is 0 Å². The first kappa shape index (κ1) is 22.3. The maximum Gasteiger partial charge on any atom is 0.203 e. The highest BCUT2D eigenvalue weighted by Crippen LogP contribution is 2.60. The van der Waals surface area contributed by atoms with Crippen LogP contribution in [-0.4, -0.2) is 63.7 Å². The third-order valence-electron chi connectivity index (χ3n) is 6.66. The van der Waals surface area contributed by atoms with Gasteiger partial charge in [0.15, 0.2) is 22.9 Å². The highest BCUT2D eigenvalue weighted by atomic mass is 16.5. The van der Waals surface area contributed by atoms with Crippen LogP contribution in [0.3, 0.4) is 0 Å². The standard InChI is InChI=1S/C23H30O7/c1-8-9-14-12-22(29-6)13(2)18(23(30-7,20(14)24)21(22)25)15-10-16(26-3)19(28-5)17(11-15)27-4/h8,10-13,18,21,25H,1,9H2,2-7H3/t13-,18+,21-,22+,23+/m0/s1. The molecule has 1 aromatic rings. The molecular formula is C23H30O7. The van der Waals surface area contributed by atoms with Crippen LogP contribution in [0.4, 0.5) is 0 Å². The van der Waals surface area contributed by atoms with Gasteiger partial charge in [-0.15, -0.1) is 6.58 Å². The Kier molecular flexibility index (Phi) is 6.00. The average Bonchev–Trinajstić information content (AvgIpc) is 2.90. The second-order valence-electron chi connectivity index (χ2n) is 7.67. The van der Waals surface area contributed by atoms with Crippen molar-refractivity contribution in [3.8, 4) is 17.2 Å². The summed E-state index contributed by atoms with van der Waals surface area (Å²) in [6.07, 6.45) is 2.56. The molecule has 2 bridgehead atoms. The van der Waals surface area contributed by atoms with E-state index < -0.39 is 23.2 Å². The van der Waals surface area contributed by atoms with E-state index in [2.05, 4.69) is 6.58 Å². The quantitative estimate of drug-likeness (QED) is 0.650. The minimum absolute atomic E-state index is 0.270. The van der Waals surface area contributed by atoms with Gasteiger partial charge in [0.05, 0.1) is 21.3 Å². The van der Waals surface area contributed by atoms with E-state index >= 15 is 0 Å². The molecule has 164 valence electrons. The van der Waals surface area contributed by atoms with Gasteiger partial charge in [0.2, 0.25) is 5.75 Å². The van der Waals surface area contributed by atoms with Gasteiger partial charge in [-0.2, -0.15) is 0 Å². The van der Waals surface area contributed by atoms with Gasteiger partial charge in [0.25, 0.3) is 0 Å². The zero-order valence-electron chi connectivity index (χ0n) is 18.4. The number of benzene rings is 1. The van der Waals surface area contributed by atoms with Gasteiger partial charge in [0, 0.05) is 31.6 Å². The topological polar surface area (TPSA) is 83.5 Å². The van der Waals surface area contributed by atoms with E-state index in [-0.39, 0.29) is 11.7 Å². The number of aliphatic hydroxyl groups excluding tert-OH is 1. The first-order valence-electron chi connectivity index (χ1n) is 9.78. The third-order valence-corrected chi connectivity index (χ3v) is 6.66. The van der Waals surface area contributed by atoms with E-state index in [0.29, 0.717) is 29.2 Å². The van der Waals surface area contributed by atoms with Gasteiger partial charge in [-0.3, -0.25) is 4.79 Å². The van der Waals surface area contributed by atoms with E-state index in [1.165, 1.54) is 35.5 Å². The Balaban J connectivity index is 2.29. The molecule has 0 unspecified atom stereocenters. The fourth-order valence-electron chi connectivity index (χ4n) is 5.26. The number of ketones is 1. The van der Waals surface area contributed by atoms with Crippen molar-refractivity contribution in [1.29, 1.82) is 0 Å². The number of allylic oxidation sites excluding steroid dienone is 1. The summed E-state index contributed by atoms with van der Waals surface area (Å²) in [5, 5.41) is 11.4. The maximum absolute atomic E-state index is 13.6. The number of carbonyl (C=O) groups is 1. The van der Waals surface area contributed by atoms with Crippen LogP contribution in [0.5, 0.6) is 17.2 Å². The van der Waals surface area contributed by atoms with Crippen molar-refractivity contribution < 1.29 is 33.6 Å². The van der Waals surface area contributed by atoms with Crippen molar-refractivity contribution in [3.63, 3.8) is 0 Å². The van der Waals surface area contributed by atoms with E-state index in [1.54, 1.807) is 24.3 Å². The normalized spacial score (nSPS) is 32.6. The van der Waals surface area contributed by atoms with Crippen molar-refractivity contribution in [1.82, 2.24) is 0 Å². The van der Waals surface area contributed by atoms with Crippen molar-refractivity contribution in [3.05, 3.63) is 42.0 Å². The second-order valence-corrected chi connectivity index (χ2v) is 7.67. The van der Waals surface area contributed by atoms with Crippen LogP contribution in [0.15, 0.2) is 36.4 Å². The van der Waals surface area contributed by atoms with Gasteiger partial charge in [-0.05, 0) is 30.2 Å². The molecule has 1 saturated carbocycles. The molecule has 0 amide bonds. The highest BCUT2D eigenvalue weighted by molar-refractivity contribution is 6.06. The lowest BCUT2D eigenvalue weighted by Crippen LogP contribution is -2.60. The monoisotopic (exact) mass is 418 g/mol. The molecule has 0 heterocycles. The summed E-state index contributed by atoms with van der Waals surface area (Å²) in [7, 11) is 7.57. The summed E-state index contributed by atoms with van der Waals surface area (Å²) in [6, 6.07) is 3.58. The van der Waals surface area contributed by atoms with Crippen LogP contribution >= 0.6 is 0 Å². The van der Waals surface area contributed by atoms with Crippen molar-refractivity contribution in [2.45, 2.75) is 36.6 Å². The molecule has 0 aliphatic heterocycles. The van der Waals surface area contributed by atoms with Gasteiger partial charge in [-0.1, -0.05) is 13.0 Å². The maximum atomic E-state index is 13.6. The minimum atomic E-state index is -1.52. The number of aliphatic hydroxyl groups is 1. The SMILES string of the molecule is C=CCC1=C[C@@]2(OC)[C@@H](C)[C@H](c3cc(OC)c(OC)c(OC)c3)[C@@](OC)(C1=O)[C@H]2O. The van der Waals surface area contributed by atoms with Gasteiger partial charge in [0.1, 0.15) is 11.7 Å². The molecule has 30 heavy (non-hydrogen) atoms. The molecule has 0 aromatic heterocycles. The third kappa shape index (κ3) is 2.72. The predicted molar refractivity (Wildman–Crippen MR) is 111 cm³/mol. The summed E-state index contributed by atoms with van der Waals surface area (Å²) >= 11 is 0. The molecule has 1 N–H and O–H groups in total. The predicted octanol–water partition coefficient (Wildman–Crippen LogP) is 2.66. The Hall–Kier alpha value is -2.35. The Morgan fingerprint density at radius 3 is 2.10 bits per heavy atom. The summed E-state index contributed by atoms with van der Waals surface area (Å²) in [5.74, 6) is 0.262. The summed E-state index contributed by atoms with van der Waals surface area (Å²) in [5.41, 5.74) is -1.38. The van der Waals surface area contributed by atoms with E-state index in [1.807, 2.05) is 6.92 Å². The number of hydrogen-bond acceptors (Lipinski definition) is 7. The van der Waals surface area contributed by atoms with Crippen LogP contribution < -0.4 is 14.2 Å². The Morgan fingerprint density at radius 2 is 1.67 bits per heavy atom. The Labute approximate surface area is 177 Å². The minimum Gasteiger partial charge on any atom is -0.493 e. The zero-order chi connectivity index (χ0) is 22.3. The van der Waals surface area contributed by atoms with Crippen LogP contribution in [0.1, 0.15) is 24.8 Å². The molecule has 5 atom stereocenters. The Bertz CT molecular complexity index is 851. The van der Waals surface area contributed by atoms with E-state index in [0.717, 1.165) is 5.56 Å². The average molecular weight is 418 g/mol. The van der Waals surface area contributed by atoms with Crippen LogP contribution in [0.2, 0.25) is 0 Å². The second kappa shape index (κ2) is 8.06. The number of hydrogen-bond donors (Lipinski definition) is 1. The summed E-state index contributed by atoms with van der Waals surface area (Å²) in [4.78, 5) is 13.6. The molecule has 2 aliphatic carbocycles. The number of ether oxygens (including phenoxy) is 5. The molecular weight excluding hydrogens is 388 g/mol.